The van der Waals surface area contributed by atoms with Crippen LogP contribution in [0.1, 0.15) is 27.4 Å². The highest BCUT2D eigenvalue weighted by molar-refractivity contribution is 6.31. The molecule has 4 heteroatoms. The number of halogens is 1. The summed E-state index contributed by atoms with van der Waals surface area (Å²) < 4.78 is 0. The number of nitriles is 1. The molecule has 0 amide bonds. The lowest BCUT2D eigenvalue weighted by Crippen LogP contribution is -2.11. The molecule has 1 aromatic carbocycles. The third-order valence-corrected chi connectivity index (χ3v) is 3.30. The first kappa shape index (κ1) is 13.3. The van der Waals surface area contributed by atoms with Crippen LogP contribution in [0.4, 0.5) is 0 Å². The molecule has 0 saturated heterocycles. The second kappa shape index (κ2) is 5.64. The predicted octanol–water partition coefficient (Wildman–Crippen LogP) is 3.53. The molecule has 0 bridgehead atoms. The van der Waals surface area contributed by atoms with Crippen LogP contribution >= 0.6 is 11.6 Å². The van der Waals surface area contributed by atoms with Crippen molar-refractivity contribution in [1.29, 1.82) is 5.26 Å². The Kier molecular flexibility index (Phi) is 3.94. The summed E-state index contributed by atoms with van der Waals surface area (Å²) >= 11 is 5.93. The van der Waals surface area contributed by atoms with Crippen LogP contribution in [0.15, 0.2) is 42.7 Å². The summed E-state index contributed by atoms with van der Waals surface area (Å²) in [6, 6.07) is 10.4. The van der Waals surface area contributed by atoms with E-state index in [9.17, 15) is 10.1 Å². The van der Waals surface area contributed by atoms with Crippen molar-refractivity contribution in [3.8, 4) is 6.07 Å². The van der Waals surface area contributed by atoms with Crippen LogP contribution in [-0.2, 0) is 0 Å². The summed E-state index contributed by atoms with van der Waals surface area (Å²) in [6.07, 6.45) is 3.14. The summed E-state index contributed by atoms with van der Waals surface area (Å²) in [5, 5.41) is 9.82. The Hall–Kier alpha value is -2.18. The molecule has 1 aromatic heterocycles. The van der Waals surface area contributed by atoms with Gasteiger partial charge in [0.25, 0.3) is 0 Å². The van der Waals surface area contributed by atoms with Crippen molar-refractivity contribution in [3.63, 3.8) is 0 Å². The van der Waals surface area contributed by atoms with Crippen molar-refractivity contribution in [2.75, 3.05) is 0 Å². The van der Waals surface area contributed by atoms with E-state index in [2.05, 4.69) is 4.98 Å². The van der Waals surface area contributed by atoms with Crippen LogP contribution in [-0.4, -0.2) is 10.8 Å². The molecule has 0 aliphatic carbocycles. The highest BCUT2D eigenvalue weighted by Crippen LogP contribution is 2.23. The number of rotatable bonds is 3. The molecular formula is C15H11ClN2O. The highest BCUT2D eigenvalue weighted by Gasteiger charge is 2.21. The Balaban J connectivity index is 2.37. The van der Waals surface area contributed by atoms with Crippen molar-refractivity contribution >= 4 is 17.4 Å². The zero-order valence-electron chi connectivity index (χ0n) is 10.3. The minimum Gasteiger partial charge on any atom is -0.292 e. The smallest absolute Gasteiger partial charge is 0.184 e. The number of benzene rings is 1. The van der Waals surface area contributed by atoms with E-state index in [4.69, 9.17) is 11.6 Å². The molecule has 0 saturated carbocycles. The Morgan fingerprint density at radius 1 is 1.32 bits per heavy atom. The maximum atomic E-state index is 12.4. The van der Waals surface area contributed by atoms with Crippen LogP contribution in [0.3, 0.4) is 0 Å². The molecule has 1 unspecified atom stereocenters. The average Bonchev–Trinajstić information content (AvgIpc) is 2.44. The van der Waals surface area contributed by atoms with Gasteiger partial charge in [0.05, 0.1) is 6.07 Å². The summed E-state index contributed by atoms with van der Waals surface area (Å²) in [5.41, 5.74) is 1.96. The quantitative estimate of drug-likeness (QED) is 0.802. The highest BCUT2D eigenvalue weighted by atomic mass is 35.5. The lowest BCUT2D eigenvalue weighted by atomic mass is 9.92. The maximum Gasteiger partial charge on any atom is 0.184 e. The molecule has 0 aliphatic rings. The SMILES string of the molecule is Cc1cc(C(=O)C(C#N)c2ccncc2)ccc1Cl. The number of aryl methyl sites for hydroxylation is 1. The topological polar surface area (TPSA) is 53.8 Å². The minimum absolute atomic E-state index is 0.228. The number of carbonyl (C=O) groups is 1. The molecule has 0 fully saturated rings. The van der Waals surface area contributed by atoms with Gasteiger partial charge in [0.2, 0.25) is 0 Å². The number of hydrogen-bond donors (Lipinski definition) is 0. The van der Waals surface area contributed by atoms with E-state index in [0.717, 1.165) is 5.56 Å². The molecule has 3 nitrogen and oxygen atoms in total. The molecule has 2 rings (SSSR count). The molecule has 0 N–H and O–H groups in total. The van der Waals surface area contributed by atoms with Gasteiger partial charge < -0.3 is 0 Å². The monoisotopic (exact) mass is 270 g/mol. The molecule has 0 aliphatic heterocycles. The molecule has 94 valence electrons. The standard InChI is InChI=1S/C15H11ClN2O/c1-10-8-12(2-3-14(10)16)15(19)13(9-17)11-4-6-18-7-5-11/h2-8,13H,1H3. The van der Waals surface area contributed by atoms with Gasteiger partial charge in [-0.05, 0) is 48.4 Å². The Bertz CT molecular complexity index is 647. The first-order chi connectivity index (χ1) is 9.13. The second-order valence-corrected chi connectivity index (χ2v) is 4.58. The predicted molar refractivity (Wildman–Crippen MR) is 73.1 cm³/mol. The summed E-state index contributed by atoms with van der Waals surface area (Å²) in [5.74, 6) is -1.04. The molecule has 1 heterocycles. The normalized spacial score (nSPS) is 11.6. The van der Waals surface area contributed by atoms with E-state index in [0.29, 0.717) is 16.1 Å². The van der Waals surface area contributed by atoms with E-state index in [1.165, 1.54) is 0 Å². The Labute approximate surface area is 116 Å². The van der Waals surface area contributed by atoms with Gasteiger partial charge in [-0.1, -0.05) is 11.6 Å². The maximum absolute atomic E-state index is 12.4. The summed E-state index contributed by atoms with van der Waals surface area (Å²) in [4.78, 5) is 16.2. The zero-order valence-corrected chi connectivity index (χ0v) is 11.1. The molecule has 0 radical (unpaired) electrons. The second-order valence-electron chi connectivity index (χ2n) is 4.17. The fraction of sp³-hybridized carbons (Fsp3) is 0.133. The van der Waals surface area contributed by atoms with Crippen molar-refractivity contribution < 1.29 is 4.79 Å². The zero-order chi connectivity index (χ0) is 13.8. The van der Waals surface area contributed by atoms with Gasteiger partial charge in [-0.2, -0.15) is 5.26 Å². The Morgan fingerprint density at radius 3 is 2.58 bits per heavy atom. The van der Waals surface area contributed by atoms with Crippen molar-refractivity contribution in [1.82, 2.24) is 4.98 Å². The lowest BCUT2D eigenvalue weighted by Gasteiger charge is -2.09. The van der Waals surface area contributed by atoms with Gasteiger partial charge in [-0.15, -0.1) is 0 Å². The van der Waals surface area contributed by atoms with Crippen LogP contribution in [0.5, 0.6) is 0 Å². The summed E-state index contributed by atoms with van der Waals surface area (Å²) in [7, 11) is 0. The average molecular weight is 271 g/mol. The molecule has 2 aromatic rings. The number of pyridine rings is 1. The van der Waals surface area contributed by atoms with Crippen molar-refractivity contribution in [2.24, 2.45) is 0 Å². The van der Waals surface area contributed by atoms with Crippen molar-refractivity contribution in [3.05, 3.63) is 64.4 Å². The largest absolute Gasteiger partial charge is 0.292 e. The Morgan fingerprint density at radius 2 is 2.00 bits per heavy atom. The van der Waals surface area contributed by atoms with E-state index < -0.39 is 5.92 Å². The van der Waals surface area contributed by atoms with E-state index >= 15 is 0 Å². The first-order valence-electron chi connectivity index (χ1n) is 5.73. The van der Waals surface area contributed by atoms with E-state index in [1.807, 2.05) is 13.0 Å². The first-order valence-corrected chi connectivity index (χ1v) is 6.11. The molecule has 0 spiro atoms. The lowest BCUT2D eigenvalue weighted by molar-refractivity contribution is 0.0979. The van der Waals surface area contributed by atoms with Crippen LogP contribution < -0.4 is 0 Å². The van der Waals surface area contributed by atoms with E-state index in [1.54, 1.807) is 42.7 Å². The van der Waals surface area contributed by atoms with Gasteiger partial charge in [0.15, 0.2) is 5.78 Å². The van der Waals surface area contributed by atoms with Gasteiger partial charge in [-0.25, -0.2) is 0 Å². The molecular weight excluding hydrogens is 260 g/mol. The van der Waals surface area contributed by atoms with Gasteiger partial charge >= 0.3 is 0 Å². The molecule has 1 atom stereocenters. The fourth-order valence-electron chi connectivity index (χ4n) is 1.81. The number of ketones is 1. The van der Waals surface area contributed by atoms with E-state index in [-0.39, 0.29) is 5.78 Å². The molecule has 19 heavy (non-hydrogen) atoms. The third-order valence-electron chi connectivity index (χ3n) is 2.87. The summed E-state index contributed by atoms with van der Waals surface area (Å²) in [6.45, 7) is 1.83. The number of hydrogen-bond acceptors (Lipinski definition) is 3. The number of nitrogens with zero attached hydrogens (tertiary/aromatic N) is 2. The van der Waals surface area contributed by atoms with Gasteiger partial charge in [-0.3, -0.25) is 9.78 Å². The van der Waals surface area contributed by atoms with Crippen molar-refractivity contribution in [2.45, 2.75) is 12.8 Å². The number of aromatic nitrogens is 1. The van der Waals surface area contributed by atoms with Crippen LogP contribution in [0.2, 0.25) is 5.02 Å². The third kappa shape index (κ3) is 2.81. The minimum atomic E-state index is -0.816. The fourth-order valence-corrected chi connectivity index (χ4v) is 1.92. The van der Waals surface area contributed by atoms with Gasteiger partial charge in [0.1, 0.15) is 5.92 Å². The number of carbonyl (C=O) groups excluding carboxylic acids is 1. The van der Waals surface area contributed by atoms with Crippen LogP contribution in [0, 0.1) is 18.3 Å². The number of Topliss-reactive ketones (excluding diaryl/α,β-unsaturated/α-hetero) is 1. The van der Waals surface area contributed by atoms with Gasteiger partial charge in [0, 0.05) is 23.0 Å². The van der Waals surface area contributed by atoms with Crippen LogP contribution in [0.25, 0.3) is 0 Å².